The first-order valence-corrected chi connectivity index (χ1v) is 6.77. The molecule has 2 heterocycles. The van der Waals surface area contributed by atoms with Crippen molar-refractivity contribution in [2.24, 2.45) is 5.92 Å². The van der Waals surface area contributed by atoms with Gasteiger partial charge in [0.2, 0.25) is 0 Å². The van der Waals surface area contributed by atoms with Crippen molar-refractivity contribution < 1.29 is 4.79 Å². The van der Waals surface area contributed by atoms with E-state index in [1.54, 1.807) is 24.7 Å². The van der Waals surface area contributed by atoms with E-state index in [0.29, 0.717) is 10.6 Å². The van der Waals surface area contributed by atoms with E-state index in [9.17, 15) is 4.79 Å². The highest BCUT2D eigenvalue weighted by molar-refractivity contribution is 6.33. The molecule has 0 spiro atoms. The zero-order chi connectivity index (χ0) is 14.5. The minimum atomic E-state index is -0.208. The lowest BCUT2D eigenvalue weighted by atomic mass is 9.97. The van der Waals surface area contributed by atoms with Gasteiger partial charge in [-0.25, -0.2) is 0 Å². The first-order valence-electron chi connectivity index (χ1n) is 6.40. The Balaban J connectivity index is 2.22. The smallest absolute Gasteiger partial charge is 0.253 e. The van der Waals surface area contributed by atoms with Crippen molar-refractivity contribution in [3.63, 3.8) is 0 Å². The van der Waals surface area contributed by atoms with Crippen LogP contribution in [0.2, 0.25) is 5.02 Å². The highest BCUT2D eigenvalue weighted by atomic mass is 35.5. The third-order valence-corrected chi connectivity index (χ3v) is 3.32. The molecular weight excluding hydrogens is 274 g/mol. The lowest BCUT2D eigenvalue weighted by Crippen LogP contribution is -2.32. The molecule has 0 aliphatic carbocycles. The summed E-state index contributed by atoms with van der Waals surface area (Å²) in [5.41, 5.74) is 1.40. The van der Waals surface area contributed by atoms with E-state index in [2.05, 4.69) is 15.3 Å². The summed E-state index contributed by atoms with van der Waals surface area (Å²) in [4.78, 5) is 20.3. The van der Waals surface area contributed by atoms with Gasteiger partial charge in [-0.1, -0.05) is 31.5 Å². The Labute approximate surface area is 123 Å². The van der Waals surface area contributed by atoms with Crippen molar-refractivity contribution in [3.8, 4) is 0 Å². The maximum atomic E-state index is 12.3. The number of hydrogen-bond acceptors (Lipinski definition) is 3. The maximum Gasteiger partial charge on any atom is 0.253 e. The van der Waals surface area contributed by atoms with Crippen LogP contribution in [0.3, 0.4) is 0 Å². The summed E-state index contributed by atoms with van der Waals surface area (Å²) >= 11 is 5.99. The van der Waals surface area contributed by atoms with Crippen LogP contribution < -0.4 is 5.32 Å². The molecule has 0 aliphatic rings. The van der Waals surface area contributed by atoms with Crippen LogP contribution in [-0.2, 0) is 0 Å². The molecule has 0 saturated heterocycles. The molecule has 1 N–H and O–H groups in total. The fraction of sp³-hybridized carbons (Fsp3) is 0.267. The molecule has 20 heavy (non-hydrogen) atoms. The standard InChI is InChI=1S/C15H16ClN3O/c1-10(2)14(11-4-3-6-17-8-11)19-15(20)12-5-7-18-9-13(12)16/h3-10,14H,1-2H3,(H,19,20). The summed E-state index contributed by atoms with van der Waals surface area (Å²) in [5.74, 6) is 0.0312. The molecule has 0 radical (unpaired) electrons. The quantitative estimate of drug-likeness (QED) is 0.940. The molecule has 0 aromatic carbocycles. The third kappa shape index (κ3) is 3.33. The minimum absolute atomic E-state index is 0.111. The molecule has 2 rings (SSSR count). The Kier molecular flexibility index (Phi) is 4.69. The first kappa shape index (κ1) is 14.5. The molecule has 0 aliphatic heterocycles. The Hall–Kier alpha value is -1.94. The van der Waals surface area contributed by atoms with Gasteiger partial charge in [-0.3, -0.25) is 14.8 Å². The molecule has 0 bridgehead atoms. The second kappa shape index (κ2) is 6.48. The molecule has 2 aromatic heterocycles. The molecule has 0 fully saturated rings. The maximum absolute atomic E-state index is 12.3. The normalized spacial score (nSPS) is 12.2. The summed E-state index contributed by atoms with van der Waals surface area (Å²) in [6.07, 6.45) is 6.49. The van der Waals surface area contributed by atoms with Crippen LogP contribution in [0, 0.1) is 5.92 Å². The number of carbonyl (C=O) groups excluding carboxylic acids is 1. The Morgan fingerprint density at radius 2 is 1.95 bits per heavy atom. The Bertz CT molecular complexity index is 587. The first-order chi connectivity index (χ1) is 9.59. The zero-order valence-electron chi connectivity index (χ0n) is 11.4. The van der Waals surface area contributed by atoms with Crippen LogP contribution in [0.25, 0.3) is 0 Å². The van der Waals surface area contributed by atoms with E-state index in [0.717, 1.165) is 5.56 Å². The van der Waals surface area contributed by atoms with Gasteiger partial charge in [-0.2, -0.15) is 0 Å². The average molecular weight is 290 g/mol. The number of aromatic nitrogens is 2. The van der Waals surface area contributed by atoms with Crippen molar-refractivity contribution in [1.29, 1.82) is 0 Å². The van der Waals surface area contributed by atoms with Crippen LogP contribution in [-0.4, -0.2) is 15.9 Å². The van der Waals surface area contributed by atoms with Crippen LogP contribution in [0.4, 0.5) is 0 Å². The van der Waals surface area contributed by atoms with Gasteiger partial charge in [0, 0.05) is 24.8 Å². The van der Waals surface area contributed by atoms with E-state index < -0.39 is 0 Å². The number of nitrogens with one attached hydrogen (secondary N) is 1. The summed E-state index contributed by atoms with van der Waals surface area (Å²) in [6.45, 7) is 4.10. The number of rotatable bonds is 4. The molecule has 1 atom stereocenters. The molecule has 0 saturated carbocycles. The molecule has 4 nitrogen and oxygen atoms in total. The second-order valence-corrected chi connectivity index (χ2v) is 5.24. The molecular formula is C15H16ClN3O. The van der Waals surface area contributed by atoms with Gasteiger partial charge >= 0.3 is 0 Å². The van der Waals surface area contributed by atoms with E-state index >= 15 is 0 Å². The molecule has 2 aromatic rings. The SMILES string of the molecule is CC(C)C(NC(=O)c1ccncc1Cl)c1cccnc1. The van der Waals surface area contributed by atoms with Crippen LogP contribution in [0.15, 0.2) is 43.0 Å². The third-order valence-electron chi connectivity index (χ3n) is 3.01. The largest absolute Gasteiger partial charge is 0.345 e. The minimum Gasteiger partial charge on any atom is -0.345 e. The highest BCUT2D eigenvalue weighted by Crippen LogP contribution is 2.22. The van der Waals surface area contributed by atoms with E-state index in [1.807, 2.05) is 26.0 Å². The van der Waals surface area contributed by atoms with Gasteiger partial charge in [-0.15, -0.1) is 0 Å². The number of pyridine rings is 2. The van der Waals surface area contributed by atoms with Crippen molar-refractivity contribution in [2.75, 3.05) is 0 Å². The predicted molar refractivity (Wildman–Crippen MR) is 78.5 cm³/mol. The molecule has 104 valence electrons. The fourth-order valence-electron chi connectivity index (χ4n) is 1.97. The lowest BCUT2D eigenvalue weighted by molar-refractivity contribution is 0.0925. The summed E-state index contributed by atoms with van der Waals surface area (Å²) < 4.78 is 0. The summed E-state index contributed by atoms with van der Waals surface area (Å²) in [6, 6.07) is 5.31. The van der Waals surface area contributed by atoms with Crippen molar-refractivity contribution in [3.05, 3.63) is 59.1 Å². The van der Waals surface area contributed by atoms with Crippen LogP contribution >= 0.6 is 11.6 Å². The van der Waals surface area contributed by atoms with Crippen molar-refractivity contribution in [2.45, 2.75) is 19.9 Å². The van der Waals surface area contributed by atoms with Crippen LogP contribution in [0.5, 0.6) is 0 Å². The van der Waals surface area contributed by atoms with E-state index in [1.165, 1.54) is 6.20 Å². The Morgan fingerprint density at radius 1 is 1.20 bits per heavy atom. The van der Waals surface area contributed by atoms with Gasteiger partial charge < -0.3 is 5.32 Å². The van der Waals surface area contributed by atoms with E-state index in [-0.39, 0.29) is 17.9 Å². The highest BCUT2D eigenvalue weighted by Gasteiger charge is 2.20. The molecule has 1 amide bonds. The van der Waals surface area contributed by atoms with Crippen molar-refractivity contribution >= 4 is 17.5 Å². The molecule has 1 unspecified atom stereocenters. The monoisotopic (exact) mass is 289 g/mol. The summed E-state index contributed by atoms with van der Waals surface area (Å²) in [7, 11) is 0. The number of halogens is 1. The zero-order valence-corrected chi connectivity index (χ0v) is 12.1. The van der Waals surface area contributed by atoms with Crippen LogP contribution in [0.1, 0.15) is 35.8 Å². The average Bonchev–Trinajstić information content (AvgIpc) is 2.45. The number of hydrogen-bond donors (Lipinski definition) is 1. The predicted octanol–water partition coefficient (Wildman–Crippen LogP) is 3.26. The molecule has 5 heteroatoms. The van der Waals surface area contributed by atoms with E-state index in [4.69, 9.17) is 11.6 Å². The number of nitrogens with zero attached hydrogens (tertiary/aromatic N) is 2. The number of carbonyl (C=O) groups is 1. The Morgan fingerprint density at radius 3 is 2.55 bits per heavy atom. The van der Waals surface area contributed by atoms with Crippen molar-refractivity contribution in [1.82, 2.24) is 15.3 Å². The summed E-state index contributed by atoms with van der Waals surface area (Å²) in [5, 5.41) is 3.34. The van der Waals surface area contributed by atoms with Gasteiger partial charge in [0.15, 0.2) is 0 Å². The second-order valence-electron chi connectivity index (χ2n) is 4.84. The topological polar surface area (TPSA) is 54.9 Å². The fourth-order valence-corrected chi connectivity index (χ4v) is 2.18. The lowest BCUT2D eigenvalue weighted by Gasteiger charge is -2.22. The van der Waals surface area contributed by atoms with Gasteiger partial charge in [0.1, 0.15) is 0 Å². The van der Waals surface area contributed by atoms with Gasteiger partial charge in [0.25, 0.3) is 5.91 Å². The van der Waals surface area contributed by atoms with Gasteiger partial charge in [0.05, 0.1) is 16.6 Å². The number of amides is 1. The van der Waals surface area contributed by atoms with Gasteiger partial charge in [-0.05, 0) is 23.6 Å².